The second-order valence-electron chi connectivity index (χ2n) is 14.9. The largest absolute Gasteiger partial charge is 0.455 e. The first-order valence-electron chi connectivity index (χ1n) is 19.4. The first kappa shape index (κ1) is 33.0. The predicted octanol–water partition coefficient (Wildman–Crippen LogP) is 13.5. The number of benzene rings is 8. The van der Waals surface area contributed by atoms with E-state index < -0.39 is 5.41 Å². The van der Waals surface area contributed by atoms with Crippen molar-refractivity contribution in [3.63, 3.8) is 0 Å². The van der Waals surface area contributed by atoms with Gasteiger partial charge >= 0.3 is 0 Å². The van der Waals surface area contributed by atoms with Gasteiger partial charge in [-0.3, -0.25) is 0 Å². The van der Waals surface area contributed by atoms with Crippen molar-refractivity contribution in [1.82, 2.24) is 0 Å². The zero-order chi connectivity index (χ0) is 38.1. The van der Waals surface area contributed by atoms with Crippen molar-refractivity contribution >= 4 is 39.2 Å². The van der Waals surface area contributed by atoms with E-state index in [1.165, 1.54) is 50.1 Å². The Bertz CT molecular complexity index is 3150. The first-order chi connectivity index (χ1) is 28.1. The fourth-order valence-electron chi connectivity index (χ4n) is 9.39. The molecule has 0 saturated heterocycles. The summed E-state index contributed by atoms with van der Waals surface area (Å²) in [5.41, 5.74) is 18.2. The molecule has 3 heteroatoms. The highest BCUT2D eigenvalue weighted by atomic mass is 16.3. The van der Waals surface area contributed by atoms with Crippen molar-refractivity contribution in [2.24, 2.45) is 9.98 Å². The van der Waals surface area contributed by atoms with E-state index in [1.807, 2.05) is 66.7 Å². The smallest absolute Gasteiger partial charge is 0.160 e. The molecule has 11 rings (SSSR count). The zero-order valence-corrected chi connectivity index (χ0v) is 31.4. The Morgan fingerprint density at radius 1 is 0.474 bits per heavy atom. The Balaban J connectivity index is 1.09. The molecule has 1 unspecified atom stereocenters. The van der Waals surface area contributed by atoms with Gasteiger partial charge in [0.1, 0.15) is 11.2 Å². The van der Waals surface area contributed by atoms with Crippen LogP contribution in [-0.2, 0) is 5.41 Å². The summed E-state index contributed by atoms with van der Waals surface area (Å²) in [7, 11) is 0. The number of rotatable bonds is 5. The van der Waals surface area contributed by atoms with E-state index in [2.05, 4.69) is 135 Å². The molecule has 268 valence electrons. The molecular weight excluding hydrogens is 693 g/mol. The molecule has 2 aliphatic carbocycles. The Morgan fingerprint density at radius 3 is 1.82 bits per heavy atom. The van der Waals surface area contributed by atoms with Crippen LogP contribution in [-0.4, -0.2) is 11.5 Å². The van der Waals surface area contributed by atoms with Gasteiger partial charge in [-0.05, 0) is 80.3 Å². The molecule has 0 bridgehead atoms. The zero-order valence-electron chi connectivity index (χ0n) is 31.4. The summed E-state index contributed by atoms with van der Waals surface area (Å²) in [6.07, 6.45) is 0. The van der Waals surface area contributed by atoms with E-state index in [0.717, 1.165) is 49.9 Å². The minimum absolute atomic E-state index is 0.502. The van der Waals surface area contributed by atoms with E-state index in [-0.39, 0.29) is 0 Å². The van der Waals surface area contributed by atoms with Crippen molar-refractivity contribution in [3.05, 3.63) is 234 Å². The van der Waals surface area contributed by atoms with Gasteiger partial charge in [0, 0.05) is 27.6 Å². The topological polar surface area (TPSA) is 37.9 Å². The number of hydrogen-bond donors (Lipinski definition) is 0. The molecule has 9 aromatic rings. The molecular formula is C54H36N2O. The predicted molar refractivity (Wildman–Crippen MR) is 236 cm³/mol. The Morgan fingerprint density at radius 2 is 1.05 bits per heavy atom. The van der Waals surface area contributed by atoms with Crippen LogP contribution in [0.25, 0.3) is 61.0 Å². The standard InChI is InChI=1S/C54H36N2O/c1-34(36-17-5-3-6-18-36)55-53(37-19-7-4-8-20-37)56-35(2)38-21-15-22-39(33-38)40-26-16-29-47-50(40)43-24-9-12-27-45(43)54(47)46-28-13-10-25-44(46)51-48(54)32-31-42-41-23-11-14-30-49(41)57-52(42)51/h3-33H,1H2,2H3/b55-53-,56-35+. The van der Waals surface area contributed by atoms with E-state index in [9.17, 15) is 0 Å². The van der Waals surface area contributed by atoms with Gasteiger partial charge in [0.2, 0.25) is 0 Å². The molecule has 0 amide bonds. The van der Waals surface area contributed by atoms with Crippen LogP contribution in [0.1, 0.15) is 45.9 Å². The van der Waals surface area contributed by atoms with Crippen LogP contribution >= 0.6 is 0 Å². The van der Waals surface area contributed by atoms with Crippen LogP contribution in [0.4, 0.5) is 0 Å². The van der Waals surface area contributed by atoms with Crippen LogP contribution in [0.3, 0.4) is 0 Å². The van der Waals surface area contributed by atoms with Crippen molar-refractivity contribution < 1.29 is 4.42 Å². The molecule has 1 aromatic heterocycles. The summed E-state index contributed by atoms with van der Waals surface area (Å²) in [5.74, 6) is 0.626. The second-order valence-corrected chi connectivity index (χ2v) is 14.9. The molecule has 8 aromatic carbocycles. The van der Waals surface area contributed by atoms with Gasteiger partial charge in [0.15, 0.2) is 5.84 Å². The second kappa shape index (κ2) is 12.9. The summed E-state index contributed by atoms with van der Waals surface area (Å²) in [6.45, 7) is 6.36. The molecule has 1 heterocycles. The van der Waals surface area contributed by atoms with Gasteiger partial charge in [-0.1, -0.05) is 183 Å². The Kier molecular flexibility index (Phi) is 7.45. The third-order valence-corrected chi connectivity index (χ3v) is 11.9. The lowest BCUT2D eigenvalue weighted by Gasteiger charge is -2.30. The van der Waals surface area contributed by atoms with Crippen molar-refractivity contribution in [2.75, 3.05) is 0 Å². The summed E-state index contributed by atoms with van der Waals surface area (Å²) >= 11 is 0. The normalized spacial score (nSPS) is 15.5. The van der Waals surface area contributed by atoms with Crippen molar-refractivity contribution in [1.29, 1.82) is 0 Å². The monoisotopic (exact) mass is 728 g/mol. The highest BCUT2D eigenvalue weighted by Gasteiger charge is 2.53. The van der Waals surface area contributed by atoms with Crippen LogP contribution in [0.2, 0.25) is 0 Å². The first-order valence-corrected chi connectivity index (χ1v) is 19.4. The van der Waals surface area contributed by atoms with Crippen molar-refractivity contribution in [2.45, 2.75) is 12.3 Å². The molecule has 1 spiro atoms. The van der Waals surface area contributed by atoms with Gasteiger partial charge in [-0.25, -0.2) is 9.98 Å². The molecule has 0 radical (unpaired) electrons. The van der Waals surface area contributed by atoms with Crippen LogP contribution in [0, 0.1) is 0 Å². The Labute approximate surface area is 331 Å². The highest BCUT2D eigenvalue weighted by Crippen LogP contribution is 2.65. The summed E-state index contributed by atoms with van der Waals surface area (Å²) in [5, 5.41) is 2.29. The fourth-order valence-corrected chi connectivity index (χ4v) is 9.39. The van der Waals surface area contributed by atoms with E-state index >= 15 is 0 Å². The third kappa shape index (κ3) is 4.92. The molecule has 0 aliphatic heterocycles. The maximum Gasteiger partial charge on any atom is 0.160 e. The van der Waals surface area contributed by atoms with Crippen LogP contribution < -0.4 is 0 Å². The van der Waals surface area contributed by atoms with Gasteiger partial charge < -0.3 is 4.42 Å². The summed E-state index contributed by atoms with van der Waals surface area (Å²) in [6, 6.07) is 66.7. The van der Waals surface area contributed by atoms with Crippen molar-refractivity contribution in [3.8, 4) is 33.4 Å². The number of aliphatic imine (C=N–C) groups is 2. The number of furan rings is 1. The van der Waals surface area contributed by atoms with Crippen LogP contribution in [0.5, 0.6) is 0 Å². The molecule has 0 saturated carbocycles. The maximum atomic E-state index is 6.73. The third-order valence-electron chi connectivity index (χ3n) is 11.9. The number of amidine groups is 1. The molecule has 3 nitrogen and oxygen atoms in total. The summed E-state index contributed by atoms with van der Waals surface area (Å²) in [4.78, 5) is 10.1. The maximum absolute atomic E-state index is 6.73. The number of fused-ring (bicyclic) bond motifs is 14. The lowest BCUT2D eigenvalue weighted by atomic mass is 9.70. The molecule has 57 heavy (non-hydrogen) atoms. The van der Waals surface area contributed by atoms with E-state index in [4.69, 9.17) is 14.4 Å². The number of hydrogen-bond acceptors (Lipinski definition) is 2. The average Bonchev–Trinajstić information content (AvgIpc) is 3.91. The SMILES string of the molecule is C=C(/N=C(\N=C(/C)c1cccc(-c2cccc3c2-c2ccccc2C32c3ccccc3-c3c2ccc2c3oc3ccccc32)c1)c1ccccc1)c1ccccc1. The fraction of sp³-hybridized carbons (Fsp3) is 0.0370. The molecule has 0 fully saturated rings. The highest BCUT2D eigenvalue weighted by molar-refractivity contribution is 6.15. The quantitative estimate of drug-likeness (QED) is 0.128. The average molecular weight is 729 g/mol. The van der Waals surface area contributed by atoms with Gasteiger partial charge in [-0.2, -0.15) is 0 Å². The Hall–Kier alpha value is -7.36. The van der Waals surface area contributed by atoms with E-state index in [0.29, 0.717) is 11.5 Å². The van der Waals surface area contributed by atoms with Gasteiger partial charge in [0.05, 0.1) is 11.1 Å². The number of para-hydroxylation sites is 1. The molecule has 0 N–H and O–H groups in total. The molecule has 2 aliphatic rings. The van der Waals surface area contributed by atoms with Gasteiger partial charge in [-0.15, -0.1) is 0 Å². The lowest BCUT2D eigenvalue weighted by Crippen LogP contribution is -2.25. The van der Waals surface area contributed by atoms with Crippen LogP contribution in [0.15, 0.2) is 209 Å². The molecule has 1 atom stereocenters. The minimum Gasteiger partial charge on any atom is -0.455 e. The summed E-state index contributed by atoms with van der Waals surface area (Å²) < 4.78 is 6.73. The minimum atomic E-state index is -0.502. The lowest BCUT2D eigenvalue weighted by molar-refractivity contribution is 0.669. The van der Waals surface area contributed by atoms with Gasteiger partial charge in [0.25, 0.3) is 0 Å². The number of nitrogens with zero attached hydrogens (tertiary/aromatic N) is 2. The van der Waals surface area contributed by atoms with E-state index in [1.54, 1.807) is 0 Å².